The van der Waals surface area contributed by atoms with Gasteiger partial charge in [-0.25, -0.2) is 4.98 Å². The van der Waals surface area contributed by atoms with E-state index >= 15 is 0 Å². The fraction of sp³-hybridized carbons (Fsp3) is 0.632. The Kier molecular flexibility index (Phi) is 4.63. The van der Waals surface area contributed by atoms with Crippen molar-refractivity contribution in [3.05, 3.63) is 27.1 Å². The topological polar surface area (TPSA) is 64.0 Å². The van der Waals surface area contributed by atoms with Crippen LogP contribution in [0, 0.1) is 6.92 Å². The van der Waals surface area contributed by atoms with E-state index in [0.717, 1.165) is 30.6 Å². The molecule has 25 heavy (non-hydrogen) atoms. The zero-order valence-electron chi connectivity index (χ0n) is 14.7. The van der Waals surface area contributed by atoms with Gasteiger partial charge in [-0.15, -0.1) is 11.3 Å². The number of aryl methyl sites for hydroxylation is 1. The van der Waals surface area contributed by atoms with Crippen LogP contribution in [0.2, 0.25) is 0 Å². The fourth-order valence-corrected chi connectivity index (χ4v) is 5.35. The molecule has 2 aromatic rings. The number of thiophene rings is 1. The van der Waals surface area contributed by atoms with E-state index in [4.69, 9.17) is 0 Å². The molecule has 4 rings (SSSR count). The summed E-state index contributed by atoms with van der Waals surface area (Å²) in [5, 5.41) is 3.13. The molecule has 0 aromatic carbocycles. The van der Waals surface area contributed by atoms with Gasteiger partial charge in [0.15, 0.2) is 0 Å². The van der Waals surface area contributed by atoms with E-state index in [2.05, 4.69) is 10.3 Å². The van der Waals surface area contributed by atoms with Crippen LogP contribution < -0.4 is 10.9 Å². The van der Waals surface area contributed by atoms with Crippen LogP contribution in [-0.2, 0) is 0 Å². The van der Waals surface area contributed by atoms with Gasteiger partial charge in [0.05, 0.1) is 11.9 Å². The molecule has 0 saturated heterocycles. The van der Waals surface area contributed by atoms with E-state index < -0.39 is 0 Å². The highest BCUT2D eigenvalue weighted by Crippen LogP contribution is 2.30. The first kappa shape index (κ1) is 16.8. The number of nitrogens with one attached hydrogen (secondary N) is 1. The van der Waals surface area contributed by atoms with Gasteiger partial charge in [-0.2, -0.15) is 0 Å². The Morgan fingerprint density at radius 2 is 1.84 bits per heavy atom. The number of hydrogen-bond donors (Lipinski definition) is 1. The smallest absolute Gasteiger partial charge is 0.271 e. The lowest BCUT2D eigenvalue weighted by molar-refractivity contribution is 0.0939. The average molecular weight is 359 g/mol. The Bertz CT molecular complexity index is 842. The van der Waals surface area contributed by atoms with E-state index in [0.29, 0.717) is 15.8 Å². The second-order valence-corrected chi connectivity index (χ2v) is 8.64. The van der Waals surface area contributed by atoms with Gasteiger partial charge in [0.1, 0.15) is 10.2 Å². The minimum Gasteiger partial charge on any atom is -0.349 e. The van der Waals surface area contributed by atoms with Crippen molar-refractivity contribution in [3.8, 4) is 0 Å². The fourth-order valence-electron chi connectivity index (χ4n) is 4.30. The number of nitrogens with zero attached hydrogens (tertiary/aromatic N) is 2. The maximum absolute atomic E-state index is 13.0. The maximum atomic E-state index is 13.0. The molecule has 2 heterocycles. The first-order valence-corrected chi connectivity index (χ1v) is 10.3. The normalized spacial score (nSPS) is 19.6. The van der Waals surface area contributed by atoms with Crippen molar-refractivity contribution in [1.29, 1.82) is 0 Å². The Morgan fingerprint density at radius 1 is 1.16 bits per heavy atom. The predicted molar refractivity (Wildman–Crippen MR) is 100 cm³/mol. The number of carbonyl (C=O) groups is 1. The highest BCUT2D eigenvalue weighted by molar-refractivity contribution is 7.19. The van der Waals surface area contributed by atoms with Crippen molar-refractivity contribution >= 4 is 27.5 Å². The lowest BCUT2D eigenvalue weighted by atomic mass is 9.95. The average Bonchev–Trinajstić information content (AvgIpc) is 3.23. The number of hydrogen-bond acceptors (Lipinski definition) is 4. The lowest BCUT2D eigenvalue weighted by Gasteiger charge is -2.23. The first-order chi connectivity index (χ1) is 12.1. The molecule has 0 unspecified atom stereocenters. The molecule has 0 atom stereocenters. The summed E-state index contributed by atoms with van der Waals surface area (Å²) in [6, 6.07) is 0.529. The largest absolute Gasteiger partial charge is 0.349 e. The van der Waals surface area contributed by atoms with E-state index in [-0.39, 0.29) is 23.6 Å². The van der Waals surface area contributed by atoms with Gasteiger partial charge in [-0.3, -0.25) is 14.2 Å². The van der Waals surface area contributed by atoms with Crippen molar-refractivity contribution in [3.63, 3.8) is 0 Å². The predicted octanol–water partition coefficient (Wildman–Crippen LogP) is 3.94. The molecular formula is C19H25N3O2S. The van der Waals surface area contributed by atoms with Crippen LogP contribution in [0.5, 0.6) is 0 Å². The monoisotopic (exact) mass is 359 g/mol. The number of amides is 1. The molecular weight excluding hydrogens is 334 g/mol. The summed E-state index contributed by atoms with van der Waals surface area (Å²) in [5.41, 5.74) is 1.19. The first-order valence-electron chi connectivity index (χ1n) is 9.46. The van der Waals surface area contributed by atoms with E-state index in [1.807, 2.05) is 6.92 Å². The van der Waals surface area contributed by atoms with Crippen LogP contribution in [-0.4, -0.2) is 21.5 Å². The molecule has 2 saturated carbocycles. The number of fused-ring (bicyclic) bond motifs is 1. The molecule has 0 aliphatic heterocycles. The van der Waals surface area contributed by atoms with E-state index in [1.165, 1.54) is 43.4 Å². The second-order valence-electron chi connectivity index (χ2n) is 7.41. The summed E-state index contributed by atoms with van der Waals surface area (Å²) in [6.07, 6.45) is 11.8. The van der Waals surface area contributed by atoms with Crippen LogP contribution in [0.25, 0.3) is 10.2 Å². The van der Waals surface area contributed by atoms with Crippen molar-refractivity contribution in [2.75, 3.05) is 0 Å². The zero-order chi connectivity index (χ0) is 17.4. The number of carbonyl (C=O) groups excluding carboxylic acids is 1. The molecule has 2 aromatic heterocycles. The van der Waals surface area contributed by atoms with Gasteiger partial charge in [0.25, 0.3) is 11.5 Å². The van der Waals surface area contributed by atoms with Gasteiger partial charge in [-0.1, -0.05) is 32.1 Å². The molecule has 6 heteroatoms. The van der Waals surface area contributed by atoms with Crippen molar-refractivity contribution in [2.24, 2.45) is 0 Å². The van der Waals surface area contributed by atoms with Crippen molar-refractivity contribution in [1.82, 2.24) is 14.9 Å². The number of aromatic nitrogens is 2. The Labute approximate surface area is 151 Å². The van der Waals surface area contributed by atoms with Gasteiger partial charge >= 0.3 is 0 Å². The van der Waals surface area contributed by atoms with Gasteiger partial charge < -0.3 is 5.32 Å². The molecule has 1 amide bonds. The molecule has 2 fully saturated rings. The Balaban J connectivity index is 1.69. The molecule has 0 bridgehead atoms. The molecule has 5 nitrogen and oxygen atoms in total. The van der Waals surface area contributed by atoms with Crippen LogP contribution in [0.3, 0.4) is 0 Å². The molecule has 134 valence electrons. The zero-order valence-corrected chi connectivity index (χ0v) is 15.5. The molecule has 2 aliphatic carbocycles. The third kappa shape index (κ3) is 3.12. The minimum absolute atomic E-state index is 0.0184. The number of rotatable bonds is 3. The Hall–Kier alpha value is -1.69. The third-order valence-electron chi connectivity index (χ3n) is 5.68. The maximum Gasteiger partial charge on any atom is 0.271 e. The lowest BCUT2D eigenvalue weighted by Crippen LogP contribution is -2.33. The van der Waals surface area contributed by atoms with Crippen LogP contribution in [0.4, 0.5) is 0 Å². The van der Waals surface area contributed by atoms with Crippen LogP contribution in [0.15, 0.2) is 11.1 Å². The quantitative estimate of drug-likeness (QED) is 0.903. The summed E-state index contributed by atoms with van der Waals surface area (Å²) in [5.74, 6) is -0.0713. The van der Waals surface area contributed by atoms with Crippen LogP contribution in [0.1, 0.15) is 79.1 Å². The molecule has 0 spiro atoms. The third-order valence-corrected chi connectivity index (χ3v) is 6.77. The molecule has 1 N–H and O–H groups in total. The van der Waals surface area contributed by atoms with Gasteiger partial charge in [0, 0.05) is 17.0 Å². The minimum atomic E-state index is -0.0713. The molecule has 0 radical (unpaired) electrons. The standard InChI is InChI=1S/C19H25N3O2S/c1-12-15(18(23)21-13-7-5-6-8-13)16-17(25-12)19(24)22(11-20-16)14-9-3-2-4-10-14/h11,13-14H,2-10H2,1H3,(H,21,23). The van der Waals surface area contributed by atoms with Crippen molar-refractivity contribution < 1.29 is 4.79 Å². The SMILES string of the molecule is Cc1sc2c(=O)n(C3CCCCC3)cnc2c1C(=O)NC1CCCC1. The Morgan fingerprint density at radius 3 is 2.56 bits per heavy atom. The van der Waals surface area contributed by atoms with E-state index in [1.54, 1.807) is 10.9 Å². The highest BCUT2D eigenvalue weighted by Gasteiger charge is 2.25. The summed E-state index contributed by atoms with van der Waals surface area (Å²) >= 11 is 1.41. The van der Waals surface area contributed by atoms with Gasteiger partial charge in [0.2, 0.25) is 0 Å². The second kappa shape index (κ2) is 6.90. The van der Waals surface area contributed by atoms with Gasteiger partial charge in [-0.05, 0) is 32.6 Å². The molecule has 2 aliphatic rings. The summed E-state index contributed by atoms with van der Waals surface area (Å²) in [4.78, 5) is 31.1. The van der Waals surface area contributed by atoms with E-state index in [9.17, 15) is 9.59 Å². The van der Waals surface area contributed by atoms with Crippen LogP contribution >= 0.6 is 11.3 Å². The summed E-state index contributed by atoms with van der Waals surface area (Å²) in [6.45, 7) is 1.92. The summed E-state index contributed by atoms with van der Waals surface area (Å²) in [7, 11) is 0. The van der Waals surface area contributed by atoms with Crippen molar-refractivity contribution in [2.45, 2.75) is 76.8 Å². The summed E-state index contributed by atoms with van der Waals surface area (Å²) < 4.78 is 2.43. The highest BCUT2D eigenvalue weighted by atomic mass is 32.1.